The van der Waals surface area contributed by atoms with Crippen LogP contribution in [0.5, 0.6) is 5.75 Å². The second-order valence-electron chi connectivity index (χ2n) is 6.69. The summed E-state index contributed by atoms with van der Waals surface area (Å²) in [7, 11) is 1.66. The number of benzene rings is 1. The molecule has 2 N–H and O–H groups in total. The summed E-state index contributed by atoms with van der Waals surface area (Å²) in [6.07, 6.45) is 6.05. The van der Waals surface area contributed by atoms with Crippen LogP contribution in [0.1, 0.15) is 68.0 Å². The third kappa shape index (κ3) is 4.44. The monoisotopic (exact) mass is 342 g/mol. The van der Waals surface area contributed by atoms with Gasteiger partial charge in [0, 0.05) is 17.4 Å². The van der Waals surface area contributed by atoms with Gasteiger partial charge in [-0.15, -0.1) is 0 Å². The summed E-state index contributed by atoms with van der Waals surface area (Å²) in [5.74, 6) is 0.450. The second-order valence-corrected chi connectivity index (χ2v) is 6.69. The highest BCUT2D eigenvalue weighted by Crippen LogP contribution is 2.32. The Bertz CT molecular complexity index is 701. The normalized spacial score (nSPS) is 12.2. The van der Waals surface area contributed by atoms with Gasteiger partial charge in [0.05, 0.1) is 12.7 Å². The Hall–Kier alpha value is -2.23. The Morgan fingerprint density at radius 1 is 1.20 bits per heavy atom. The van der Waals surface area contributed by atoms with Crippen molar-refractivity contribution in [3.63, 3.8) is 0 Å². The van der Waals surface area contributed by atoms with Crippen LogP contribution in [-0.4, -0.2) is 17.6 Å². The summed E-state index contributed by atoms with van der Waals surface area (Å²) >= 11 is 0. The van der Waals surface area contributed by atoms with Gasteiger partial charge in [-0.3, -0.25) is 4.79 Å². The fourth-order valence-corrected chi connectivity index (χ4v) is 3.42. The summed E-state index contributed by atoms with van der Waals surface area (Å²) in [6.45, 7) is 6.42. The molecule has 0 aliphatic rings. The second kappa shape index (κ2) is 8.75. The van der Waals surface area contributed by atoms with Gasteiger partial charge in [-0.25, -0.2) is 0 Å². The highest BCUT2D eigenvalue weighted by Gasteiger charge is 2.20. The molecule has 1 aromatic heterocycles. The first-order valence-electron chi connectivity index (χ1n) is 9.15. The molecule has 0 fully saturated rings. The SMILES string of the molecule is CCCCCCC(C)n1c(-c2ccc(OC)cc2)cc(C(N)=O)c1C. The first kappa shape index (κ1) is 19.1. The zero-order valence-corrected chi connectivity index (χ0v) is 15.8. The van der Waals surface area contributed by atoms with Gasteiger partial charge in [-0.1, -0.05) is 32.6 Å². The molecule has 0 aliphatic carbocycles. The lowest BCUT2D eigenvalue weighted by molar-refractivity contribution is 0.0999. The molecule has 136 valence electrons. The number of carbonyl (C=O) groups is 1. The Balaban J connectivity index is 2.36. The Kier molecular flexibility index (Phi) is 6.68. The number of nitrogens with two attached hydrogens (primary N) is 1. The molecule has 1 atom stereocenters. The van der Waals surface area contributed by atoms with Crippen LogP contribution >= 0.6 is 0 Å². The molecule has 1 heterocycles. The fourth-order valence-electron chi connectivity index (χ4n) is 3.42. The molecular formula is C21H30N2O2. The van der Waals surface area contributed by atoms with Gasteiger partial charge in [0.15, 0.2) is 0 Å². The molecule has 2 aromatic rings. The summed E-state index contributed by atoms with van der Waals surface area (Å²) in [5, 5.41) is 0. The van der Waals surface area contributed by atoms with Crippen LogP contribution in [0.3, 0.4) is 0 Å². The first-order valence-corrected chi connectivity index (χ1v) is 9.15. The minimum absolute atomic E-state index is 0.321. The van der Waals surface area contributed by atoms with Crippen LogP contribution in [0.15, 0.2) is 30.3 Å². The van der Waals surface area contributed by atoms with E-state index in [1.54, 1.807) is 7.11 Å². The summed E-state index contributed by atoms with van der Waals surface area (Å²) in [6, 6.07) is 10.2. The average molecular weight is 342 g/mol. The van der Waals surface area contributed by atoms with E-state index >= 15 is 0 Å². The van der Waals surface area contributed by atoms with Crippen LogP contribution in [-0.2, 0) is 0 Å². The average Bonchev–Trinajstić information content (AvgIpc) is 2.96. The number of ether oxygens (including phenoxy) is 1. The maximum atomic E-state index is 11.8. The molecular weight excluding hydrogens is 312 g/mol. The topological polar surface area (TPSA) is 57.2 Å². The number of unbranched alkanes of at least 4 members (excludes halogenated alkanes) is 3. The minimum atomic E-state index is -0.371. The fraction of sp³-hybridized carbons (Fsp3) is 0.476. The molecule has 0 bridgehead atoms. The van der Waals surface area contributed by atoms with E-state index in [4.69, 9.17) is 10.5 Å². The molecule has 25 heavy (non-hydrogen) atoms. The zero-order valence-electron chi connectivity index (χ0n) is 15.8. The number of primary amides is 1. The third-order valence-electron chi connectivity index (χ3n) is 4.86. The summed E-state index contributed by atoms with van der Waals surface area (Å²) < 4.78 is 7.50. The van der Waals surface area contributed by atoms with Gasteiger partial charge in [-0.2, -0.15) is 0 Å². The molecule has 0 saturated heterocycles. The predicted octanol–water partition coefficient (Wildman–Crippen LogP) is 5.10. The minimum Gasteiger partial charge on any atom is -0.497 e. The van der Waals surface area contributed by atoms with Crippen molar-refractivity contribution in [3.8, 4) is 17.0 Å². The third-order valence-corrected chi connectivity index (χ3v) is 4.86. The van der Waals surface area contributed by atoms with E-state index in [1.807, 2.05) is 37.3 Å². The van der Waals surface area contributed by atoms with Gasteiger partial charge in [0.25, 0.3) is 5.91 Å². The van der Waals surface area contributed by atoms with E-state index in [-0.39, 0.29) is 5.91 Å². The van der Waals surface area contributed by atoms with Crippen molar-refractivity contribution in [1.82, 2.24) is 4.57 Å². The van der Waals surface area contributed by atoms with Crippen molar-refractivity contribution in [2.75, 3.05) is 7.11 Å². The van der Waals surface area contributed by atoms with Gasteiger partial charge in [0.2, 0.25) is 0 Å². The van der Waals surface area contributed by atoms with Crippen LogP contribution in [0.4, 0.5) is 0 Å². The lowest BCUT2D eigenvalue weighted by Gasteiger charge is -2.20. The van der Waals surface area contributed by atoms with E-state index in [1.165, 1.54) is 25.7 Å². The molecule has 4 heteroatoms. The van der Waals surface area contributed by atoms with E-state index in [2.05, 4.69) is 18.4 Å². The van der Waals surface area contributed by atoms with Crippen LogP contribution in [0.2, 0.25) is 0 Å². The Morgan fingerprint density at radius 2 is 1.88 bits per heavy atom. The number of nitrogens with zero attached hydrogens (tertiary/aromatic N) is 1. The maximum absolute atomic E-state index is 11.8. The number of rotatable bonds is 9. The number of hydrogen-bond donors (Lipinski definition) is 1. The Labute approximate surface area is 151 Å². The number of hydrogen-bond acceptors (Lipinski definition) is 2. The van der Waals surface area contributed by atoms with Crippen LogP contribution in [0.25, 0.3) is 11.3 Å². The molecule has 1 unspecified atom stereocenters. The van der Waals surface area contributed by atoms with Gasteiger partial charge < -0.3 is 15.0 Å². The number of carbonyl (C=O) groups excluding carboxylic acids is 1. The molecule has 0 saturated carbocycles. The van der Waals surface area contributed by atoms with Crippen molar-refractivity contribution in [3.05, 3.63) is 41.6 Å². The smallest absolute Gasteiger partial charge is 0.250 e. The lowest BCUT2D eigenvalue weighted by atomic mass is 10.1. The van der Waals surface area contributed by atoms with Gasteiger partial charge in [0.1, 0.15) is 5.75 Å². The van der Waals surface area contributed by atoms with Crippen molar-refractivity contribution >= 4 is 5.91 Å². The summed E-state index contributed by atoms with van der Waals surface area (Å²) in [5.41, 5.74) is 9.24. The standard InChI is InChI=1S/C21H30N2O2/c1-5-6-7-8-9-15(2)23-16(3)19(21(22)24)14-20(23)17-10-12-18(25-4)13-11-17/h10-15H,5-9H2,1-4H3,(H2,22,24). The molecule has 2 rings (SSSR count). The van der Waals surface area contributed by atoms with Crippen molar-refractivity contribution in [2.45, 2.75) is 58.9 Å². The van der Waals surface area contributed by atoms with Gasteiger partial charge >= 0.3 is 0 Å². The molecule has 0 radical (unpaired) electrons. The number of amides is 1. The number of aromatic nitrogens is 1. The molecule has 1 amide bonds. The van der Waals surface area contributed by atoms with Crippen LogP contribution in [0, 0.1) is 6.92 Å². The van der Waals surface area contributed by atoms with E-state index in [0.717, 1.165) is 29.1 Å². The Morgan fingerprint density at radius 3 is 2.44 bits per heavy atom. The van der Waals surface area contributed by atoms with Crippen molar-refractivity contribution < 1.29 is 9.53 Å². The zero-order chi connectivity index (χ0) is 18.4. The van der Waals surface area contributed by atoms with E-state index in [0.29, 0.717) is 11.6 Å². The first-order chi connectivity index (χ1) is 12.0. The van der Waals surface area contributed by atoms with Crippen molar-refractivity contribution in [1.29, 1.82) is 0 Å². The summed E-state index contributed by atoms with van der Waals surface area (Å²) in [4.78, 5) is 11.8. The molecule has 4 nitrogen and oxygen atoms in total. The number of methoxy groups -OCH3 is 1. The largest absolute Gasteiger partial charge is 0.497 e. The van der Waals surface area contributed by atoms with Crippen LogP contribution < -0.4 is 10.5 Å². The van der Waals surface area contributed by atoms with Crippen molar-refractivity contribution in [2.24, 2.45) is 5.73 Å². The van der Waals surface area contributed by atoms with Gasteiger partial charge in [-0.05, 0) is 56.2 Å². The highest BCUT2D eigenvalue weighted by atomic mass is 16.5. The lowest BCUT2D eigenvalue weighted by Crippen LogP contribution is -2.14. The maximum Gasteiger partial charge on any atom is 0.250 e. The van der Waals surface area contributed by atoms with E-state index in [9.17, 15) is 4.79 Å². The molecule has 0 aliphatic heterocycles. The highest BCUT2D eigenvalue weighted by molar-refractivity contribution is 5.95. The predicted molar refractivity (Wildman–Crippen MR) is 103 cm³/mol. The molecule has 1 aromatic carbocycles. The molecule has 0 spiro atoms. The van der Waals surface area contributed by atoms with E-state index < -0.39 is 0 Å². The quantitative estimate of drug-likeness (QED) is 0.644.